The minimum absolute atomic E-state index is 0.0423. The van der Waals surface area contributed by atoms with E-state index < -0.39 is 15.8 Å². The van der Waals surface area contributed by atoms with Gasteiger partial charge < -0.3 is 9.88 Å². The summed E-state index contributed by atoms with van der Waals surface area (Å²) in [5.41, 5.74) is 3.37. The van der Waals surface area contributed by atoms with Crippen LogP contribution in [0.1, 0.15) is 12.0 Å². The van der Waals surface area contributed by atoms with E-state index in [0.717, 1.165) is 32.9 Å². The number of H-pyrrole nitrogens is 1. The van der Waals surface area contributed by atoms with Gasteiger partial charge in [-0.25, -0.2) is 12.8 Å². The van der Waals surface area contributed by atoms with Crippen molar-refractivity contribution in [1.82, 2.24) is 14.2 Å². The summed E-state index contributed by atoms with van der Waals surface area (Å²) in [4.78, 5) is 17.5. The maximum Gasteiger partial charge on any atom is 0.243 e. The van der Waals surface area contributed by atoms with Crippen molar-refractivity contribution >= 4 is 32.4 Å². The van der Waals surface area contributed by atoms with Crippen LogP contribution in [0.2, 0.25) is 0 Å². The van der Waals surface area contributed by atoms with Gasteiger partial charge in [-0.3, -0.25) is 4.79 Å². The summed E-state index contributed by atoms with van der Waals surface area (Å²) in [5.74, 6) is -0.781. The number of nitrogens with one attached hydrogen (secondary N) is 1. The molecule has 0 atom stereocenters. The smallest absolute Gasteiger partial charge is 0.243 e. The first-order chi connectivity index (χ1) is 14.4. The number of aromatic nitrogens is 1. The first kappa shape index (κ1) is 20.3. The molecule has 0 bridgehead atoms. The van der Waals surface area contributed by atoms with Crippen LogP contribution in [-0.4, -0.2) is 55.2 Å². The van der Waals surface area contributed by atoms with Gasteiger partial charge in [0, 0.05) is 42.8 Å². The molecule has 30 heavy (non-hydrogen) atoms. The minimum Gasteiger partial charge on any atom is -0.361 e. The summed E-state index contributed by atoms with van der Waals surface area (Å²) in [5, 5.41) is 1.15. The van der Waals surface area contributed by atoms with E-state index in [-0.39, 0.29) is 17.3 Å². The fourth-order valence-corrected chi connectivity index (χ4v) is 4.76. The zero-order valence-corrected chi connectivity index (χ0v) is 17.3. The number of amides is 1. The molecule has 156 valence electrons. The van der Waals surface area contributed by atoms with Crippen LogP contribution in [0.25, 0.3) is 16.5 Å². The van der Waals surface area contributed by atoms with E-state index in [1.807, 2.05) is 30.5 Å². The molecule has 4 rings (SSSR count). The molecule has 0 saturated heterocycles. The summed E-state index contributed by atoms with van der Waals surface area (Å²) in [6.45, 7) is 0.683. The Hall–Kier alpha value is -2.97. The monoisotopic (exact) mass is 427 g/mol. The number of likely N-dealkylation sites (N-methyl/N-ethyl adjacent to an activating group) is 1. The highest BCUT2D eigenvalue weighted by Gasteiger charge is 2.26. The first-order valence-electron chi connectivity index (χ1n) is 9.61. The maximum absolute atomic E-state index is 13.1. The lowest BCUT2D eigenvalue weighted by Gasteiger charge is -2.28. The third-order valence-electron chi connectivity index (χ3n) is 5.38. The highest BCUT2D eigenvalue weighted by molar-refractivity contribution is 7.89. The highest BCUT2D eigenvalue weighted by atomic mass is 32.2. The van der Waals surface area contributed by atoms with Crippen LogP contribution in [0.5, 0.6) is 0 Å². The van der Waals surface area contributed by atoms with Crippen LogP contribution < -0.4 is 0 Å². The molecule has 3 aromatic rings. The zero-order valence-electron chi connectivity index (χ0n) is 16.5. The second kappa shape index (κ2) is 8.04. The number of rotatable bonds is 5. The number of fused-ring (bicyclic) bond motifs is 1. The van der Waals surface area contributed by atoms with Crippen LogP contribution in [0.3, 0.4) is 0 Å². The van der Waals surface area contributed by atoms with Crippen molar-refractivity contribution in [1.29, 1.82) is 0 Å². The Morgan fingerprint density at radius 3 is 2.60 bits per heavy atom. The number of hydrogen-bond acceptors (Lipinski definition) is 3. The molecule has 1 aliphatic heterocycles. The Balaban J connectivity index is 1.43. The second-order valence-corrected chi connectivity index (χ2v) is 9.33. The average Bonchev–Trinajstić information content (AvgIpc) is 3.18. The number of para-hydroxylation sites is 1. The third-order valence-corrected chi connectivity index (χ3v) is 7.19. The van der Waals surface area contributed by atoms with E-state index in [0.29, 0.717) is 19.5 Å². The van der Waals surface area contributed by atoms with Gasteiger partial charge in [0.25, 0.3) is 0 Å². The minimum atomic E-state index is -3.86. The molecule has 1 aliphatic rings. The van der Waals surface area contributed by atoms with Gasteiger partial charge in [0.2, 0.25) is 15.9 Å². The summed E-state index contributed by atoms with van der Waals surface area (Å²) in [6, 6.07) is 12.6. The maximum atomic E-state index is 13.1. The van der Waals surface area contributed by atoms with Crippen LogP contribution in [-0.2, 0) is 14.8 Å². The number of aromatic amines is 1. The number of carbonyl (C=O) groups is 1. The van der Waals surface area contributed by atoms with Crippen molar-refractivity contribution in [2.75, 3.05) is 26.7 Å². The van der Waals surface area contributed by atoms with E-state index >= 15 is 0 Å². The zero-order chi connectivity index (χ0) is 21.3. The number of halogens is 1. The molecule has 0 unspecified atom stereocenters. The molecule has 0 fully saturated rings. The fourth-order valence-electron chi connectivity index (χ4n) is 3.64. The molecular formula is C22H22FN3O3S. The molecule has 1 amide bonds. The molecule has 0 aliphatic carbocycles. The molecule has 2 heterocycles. The quantitative estimate of drug-likeness (QED) is 0.679. The van der Waals surface area contributed by atoms with Gasteiger partial charge in [-0.1, -0.05) is 24.3 Å². The molecule has 8 heteroatoms. The van der Waals surface area contributed by atoms with Gasteiger partial charge in [-0.15, -0.1) is 0 Å². The van der Waals surface area contributed by atoms with E-state index in [1.165, 1.54) is 24.8 Å². The lowest BCUT2D eigenvalue weighted by molar-refractivity contribution is -0.130. The number of sulfonamides is 1. The predicted octanol–water partition coefficient (Wildman–Crippen LogP) is 3.24. The van der Waals surface area contributed by atoms with E-state index in [9.17, 15) is 17.6 Å². The average molecular weight is 428 g/mol. The van der Waals surface area contributed by atoms with Crippen molar-refractivity contribution in [2.24, 2.45) is 0 Å². The van der Waals surface area contributed by atoms with Gasteiger partial charge in [-0.05, 0) is 42.3 Å². The van der Waals surface area contributed by atoms with E-state index in [2.05, 4.69) is 11.1 Å². The van der Waals surface area contributed by atoms with Gasteiger partial charge in [-0.2, -0.15) is 4.31 Å². The first-order valence-corrected chi connectivity index (χ1v) is 11.1. The Labute approximate surface area is 174 Å². The fraction of sp³-hybridized carbons (Fsp3) is 0.227. The molecule has 2 aromatic carbocycles. The largest absolute Gasteiger partial charge is 0.361 e. The van der Waals surface area contributed by atoms with E-state index in [1.54, 1.807) is 4.90 Å². The van der Waals surface area contributed by atoms with Crippen LogP contribution in [0.4, 0.5) is 4.39 Å². The molecule has 6 nitrogen and oxygen atoms in total. The molecule has 0 spiro atoms. The van der Waals surface area contributed by atoms with Crippen LogP contribution in [0, 0.1) is 5.82 Å². The summed E-state index contributed by atoms with van der Waals surface area (Å²) < 4.78 is 39.3. The van der Waals surface area contributed by atoms with Crippen LogP contribution in [0.15, 0.2) is 65.7 Å². The number of hydrogen-bond donors (Lipinski definition) is 1. The Morgan fingerprint density at radius 1 is 1.17 bits per heavy atom. The number of nitrogens with zero attached hydrogens (tertiary/aromatic N) is 2. The Morgan fingerprint density at radius 2 is 1.90 bits per heavy atom. The lowest BCUT2D eigenvalue weighted by atomic mass is 9.99. The molecule has 0 saturated carbocycles. The number of carbonyl (C=O) groups excluding carboxylic acids is 1. The van der Waals surface area contributed by atoms with Crippen molar-refractivity contribution in [3.63, 3.8) is 0 Å². The Bertz CT molecular complexity index is 1220. The summed E-state index contributed by atoms with van der Waals surface area (Å²) in [7, 11) is -2.51. The molecule has 1 aromatic heterocycles. The molecule has 0 radical (unpaired) electrons. The van der Waals surface area contributed by atoms with Gasteiger partial charge >= 0.3 is 0 Å². The van der Waals surface area contributed by atoms with Gasteiger partial charge in [0.1, 0.15) is 5.82 Å². The standard InChI is InChI=1S/C22H22FN3O3S/c1-25(30(28,29)18-8-6-17(23)7-9-18)15-22(27)26-12-10-16(11-13-26)20-14-24-21-5-3-2-4-19(20)21/h2-10,14,24H,11-13,15H2,1H3. The molecule has 1 N–H and O–H groups in total. The summed E-state index contributed by atoms with van der Waals surface area (Å²) >= 11 is 0. The predicted molar refractivity (Wildman–Crippen MR) is 114 cm³/mol. The van der Waals surface area contributed by atoms with Crippen molar-refractivity contribution in [3.8, 4) is 0 Å². The SMILES string of the molecule is CN(CC(=O)N1CC=C(c2c[nH]c3ccccc23)CC1)S(=O)(=O)c1ccc(F)cc1. The topological polar surface area (TPSA) is 73.5 Å². The Kier molecular flexibility index (Phi) is 5.44. The van der Waals surface area contributed by atoms with Crippen molar-refractivity contribution < 1.29 is 17.6 Å². The molecular weight excluding hydrogens is 405 g/mol. The van der Waals surface area contributed by atoms with E-state index in [4.69, 9.17) is 0 Å². The van der Waals surface area contributed by atoms with Crippen LogP contribution >= 0.6 is 0 Å². The number of benzene rings is 2. The van der Waals surface area contributed by atoms with Crippen molar-refractivity contribution in [2.45, 2.75) is 11.3 Å². The van der Waals surface area contributed by atoms with Gasteiger partial charge in [0.05, 0.1) is 11.4 Å². The summed E-state index contributed by atoms with van der Waals surface area (Å²) in [6.07, 6.45) is 4.70. The second-order valence-electron chi connectivity index (χ2n) is 7.28. The normalized spacial score (nSPS) is 14.9. The van der Waals surface area contributed by atoms with Crippen molar-refractivity contribution in [3.05, 3.63) is 72.2 Å². The van der Waals surface area contributed by atoms with Gasteiger partial charge in [0.15, 0.2) is 0 Å². The third kappa shape index (κ3) is 3.88. The lowest BCUT2D eigenvalue weighted by Crippen LogP contribution is -2.42. The highest BCUT2D eigenvalue weighted by Crippen LogP contribution is 2.29.